The molecular formula is C16H21NO2. The number of carbonyl (C=O) groups excluding carboxylic acids is 1. The molecule has 0 unspecified atom stereocenters. The molecule has 0 amide bonds. The number of unbranched alkanes of at least 4 members (excludes halogenated alkanes) is 4. The van der Waals surface area contributed by atoms with Crippen LogP contribution in [0.2, 0.25) is 0 Å². The molecule has 0 aliphatic heterocycles. The van der Waals surface area contributed by atoms with Gasteiger partial charge in [0, 0.05) is 12.2 Å². The molecular weight excluding hydrogens is 238 g/mol. The monoisotopic (exact) mass is 259 g/mol. The fourth-order valence-corrected chi connectivity index (χ4v) is 1.79. The summed E-state index contributed by atoms with van der Waals surface area (Å²) in [5, 5.41) is 8.67. The lowest BCUT2D eigenvalue weighted by molar-refractivity contribution is 0.0752. The molecule has 102 valence electrons. The van der Waals surface area contributed by atoms with Crippen molar-refractivity contribution in [3.63, 3.8) is 0 Å². The maximum atomic E-state index is 11.8. The van der Waals surface area contributed by atoms with E-state index < -0.39 is 0 Å². The van der Waals surface area contributed by atoms with Crippen LogP contribution in [0, 0.1) is 11.3 Å². The molecule has 0 bridgehead atoms. The summed E-state index contributed by atoms with van der Waals surface area (Å²) in [5.41, 5.74) is 1.17. The summed E-state index contributed by atoms with van der Waals surface area (Å²) in [6.07, 6.45) is 5.92. The summed E-state index contributed by atoms with van der Waals surface area (Å²) in [5.74, 6) is -0.0296. The van der Waals surface area contributed by atoms with Gasteiger partial charge in [-0.05, 0) is 18.6 Å². The normalized spacial score (nSPS) is 10.1. The summed E-state index contributed by atoms with van der Waals surface area (Å²) in [6.45, 7) is 2.96. The van der Waals surface area contributed by atoms with Gasteiger partial charge in [0.1, 0.15) is 6.61 Å². The van der Waals surface area contributed by atoms with Gasteiger partial charge in [0.25, 0.3) is 0 Å². The molecule has 0 aliphatic carbocycles. The zero-order valence-electron chi connectivity index (χ0n) is 11.5. The van der Waals surface area contributed by atoms with E-state index in [4.69, 9.17) is 10.00 Å². The Morgan fingerprint density at radius 3 is 2.47 bits per heavy atom. The van der Waals surface area contributed by atoms with Crippen molar-refractivity contribution in [2.24, 2.45) is 0 Å². The Kier molecular flexibility index (Phi) is 7.53. The van der Waals surface area contributed by atoms with Crippen LogP contribution in [0.3, 0.4) is 0 Å². The summed E-state index contributed by atoms with van der Waals surface area (Å²) in [6, 6.07) is 8.67. The third-order valence-corrected chi connectivity index (χ3v) is 2.96. The van der Waals surface area contributed by atoms with Crippen molar-refractivity contribution in [1.29, 1.82) is 5.26 Å². The number of benzene rings is 1. The van der Waals surface area contributed by atoms with Crippen LogP contribution in [-0.4, -0.2) is 19.0 Å². The van der Waals surface area contributed by atoms with E-state index in [0.717, 1.165) is 6.42 Å². The quantitative estimate of drug-likeness (QED) is 0.501. The van der Waals surface area contributed by atoms with E-state index in [-0.39, 0.29) is 12.4 Å². The molecule has 0 aromatic heterocycles. The fourth-order valence-electron chi connectivity index (χ4n) is 1.79. The number of nitriles is 1. The SMILES string of the molecule is CCCCCCCOCC(=O)c1ccc(C#N)cc1. The summed E-state index contributed by atoms with van der Waals surface area (Å²) < 4.78 is 5.37. The number of rotatable bonds is 9. The van der Waals surface area contributed by atoms with E-state index in [2.05, 4.69) is 6.92 Å². The van der Waals surface area contributed by atoms with Crippen molar-refractivity contribution in [3.8, 4) is 6.07 Å². The summed E-state index contributed by atoms with van der Waals surface area (Å²) in [4.78, 5) is 11.8. The number of Topliss-reactive ketones (excluding diaryl/α,β-unsaturated/α-hetero) is 1. The Morgan fingerprint density at radius 2 is 1.84 bits per heavy atom. The highest BCUT2D eigenvalue weighted by Crippen LogP contribution is 2.06. The third kappa shape index (κ3) is 6.17. The van der Waals surface area contributed by atoms with Gasteiger partial charge >= 0.3 is 0 Å². The van der Waals surface area contributed by atoms with E-state index in [9.17, 15) is 4.79 Å². The topological polar surface area (TPSA) is 50.1 Å². The van der Waals surface area contributed by atoms with Gasteiger partial charge in [-0.15, -0.1) is 0 Å². The summed E-state index contributed by atoms with van der Waals surface area (Å²) >= 11 is 0. The molecule has 19 heavy (non-hydrogen) atoms. The van der Waals surface area contributed by atoms with Crippen molar-refractivity contribution < 1.29 is 9.53 Å². The molecule has 0 atom stereocenters. The highest BCUT2D eigenvalue weighted by atomic mass is 16.5. The van der Waals surface area contributed by atoms with Gasteiger partial charge < -0.3 is 4.74 Å². The zero-order valence-corrected chi connectivity index (χ0v) is 11.5. The second-order valence-electron chi connectivity index (χ2n) is 4.58. The Labute approximate surface area is 115 Å². The molecule has 1 aromatic carbocycles. The minimum atomic E-state index is -0.0296. The molecule has 3 heteroatoms. The molecule has 0 saturated heterocycles. The Bertz CT molecular complexity index is 417. The third-order valence-electron chi connectivity index (χ3n) is 2.96. The molecule has 0 heterocycles. The highest BCUT2D eigenvalue weighted by molar-refractivity contribution is 5.97. The van der Waals surface area contributed by atoms with Gasteiger partial charge in [-0.2, -0.15) is 5.26 Å². The molecule has 0 aliphatic rings. The van der Waals surface area contributed by atoms with Gasteiger partial charge in [0.15, 0.2) is 5.78 Å². The predicted octanol–water partition coefficient (Wildman–Crippen LogP) is 3.73. The number of ketones is 1. The van der Waals surface area contributed by atoms with Crippen LogP contribution in [-0.2, 0) is 4.74 Å². The van der Waals surface area contributed by atoms with Gasteiger partial charge in [-0.1, -0.05) is 44.7 Å². The second kappa shape index (κ2) is 9.29. The zero-order chi connectivity index (χ0) is 13.9. The smallest absolute Gasteiger partial charge is 0.188 e. The maximum absolute atomic E-state index is 11.8. The standard InChI is InChI=1S/C16H21NO2/c1-2-3-4-5-6-11-19-13-16(18)15-9-7-14(12-17)8-10-15/h7-10H,2-6,11,13H2,1H3. The molecule has 0 radical (unpaired) electrons. The number of carbonyl (C=O) groups is 1. The average molecular weight is 259 g/mol. The van der Waals surface area contributed by atoms with Crippen LogP contribution in [0.15, 0.2) is 24.3 Å². The lowest BCUT2D eigenvalue weighted by atomic mass is 10.1. The van der Waals surface area contributed by atoms with Crippen LogP contribution in [0.4, 0.5) is 0 Å². The lowest BCUT2D eigenvalue weighted by Gasteiger charge is -2.04. The molecule has 0 N–H and O–H groups in total. The van der Waals surface area contributed by atoms with Gasteiger partial charge in [0.2, 0.25) is 0 Å². The maximum Gasteiger partial charge on any atom is 0.188 e. The molecule has 0 spiro atoms. The van der Waals surface area contributed by atoms with E-state index in [1.165, 1.54) is 25.7 Å². The van der Waals surface area contributed by atoms with Crippen molar-refractivity contribution in [1.82, 2.24) is 0 Å². The van der Waals surface area contributed by atoms with E-state index >= 15 is 0 Å². The van der Waals surface area contributed by atoms with E-state index in [1.807, 2.05) is 6.07 Å². The van der Waals surface area contributed by atoms with Crippen molar-refractivity contribution >= 4 is 5.78 Å². The van der Waals surface area contributed by atoms with Gasteiger partial charge in [-0.3, -0.25) is 4.79 Å². The van der Waals surface area contributed by atoms with Crippen LogP contribution in [0.1, 0.15) is 54.9 Å². The van der Waals surface area contributed by atoms with Crippen molar-refractivity contribution in [2.75, 3.05) is 13.2 Å². The molecule has 3 nitrogen and oxygen atoms in total. The van der Waals surface area contributed by atoms with Gasteiger partial charge in [0.05, 0.1) is 11.6 Å². The fraction of sp³-hybridized carbons (Fsp3) is 0.500. The van der Waals surface area contributed by atoms with E-state index in [0.29, 0.717) is 17.7 Å². The lowest BCUT2D eigenvalue weighted by Crippen LogP contribution is -2.09. The minimum Gasteiger partial charge on any atom is -0.373 e. The molecule has 1 rings (SSSR count). The van der Waals surface area contributed by atoms with Crippen molar-refractivity contribution in [3.05, 3.63) is 35.4 Å². The van der Waals surface area contributed by atoms with Crippen LogP contribution >= 0.6 is 0 Å². The molecule has 1 aromatic rings. The Balaban J connectivity index is 2.18. The minimum absolute atomic E-state index is 0.0296. The number of ether oxygens (including phenoxy) is 1. The second-order valence-corrected chi connectivity index (χ2v) is 4.58. The molecule has 0 saturated carbocycles. The highest BCUT2D eigenvalue weighted by Gasteiger charge is 2.05. The molecule has 0 fully saturated rings. The van der Waals surface area contributed by atoms with Gasteiger partial charge in [-0.25, -0.2) is 0 Å². The predicted molar refractivity (Wildman–Crippen MR) is 75.1 cm³/mol. The Hall–Kier alpha value is -1.66. The number of nitrogens with zero attached hydrogens (tertiary/aromatic N) is 1. The van der Waals surface area contributed by atoms with E-state index in [1.54, 1.807) is 24.3 Å². The first-order chi connectivity index (χ1) is 9.27. The van der Waals surface area contributed by atoms with Crippen LogP contribution in [0.25, 0.3) is 0 Å². The number of hydrogen-bond donors (Lipinski definition) is 0. The first-order valence-corrected chi connectivity index (χ1v) is 6.89. The first-order valence-electron chi connectivity index (χ1n) is 6.89. The Morgan fingerprint density at radius 1 is 1.16 bits per heavy atom. The average Bonchev–Trinajstić information content (AvgIpc) is 2.46. The first kappa shape index (κ1) is 15.4. The largest absolute Gasteiger partial charge is 0.373 e. The van der Waals surface area contributed by atoms with Crippen LogP contribution < -0.4 is 0 Å². The summed E-state index contributed by atoms with van der Waals surface area (Å²) in [7, 11) is 0. The van der Waals surface area contributed by atoms with Crippen molar-refractivity contribution in [2.45, 2.75) is 39.0 Å². The number of hydrogen-bond acceptors (Lipinski definition) is 3. The van der Waals surface area contributed by atoms with Crippen LogP contribution in [0.5, 0.6) is 0 Å².